The van der Waals surface area contributed by atoms with Crippen molar-refractivity contribution in [2.45, 2.75) is 37.8 Å². The average molecular weight is 184 g/mol. The molecule has 13 heavy (non-hydrogen) atoms. The van der Waals surface area contributed by atoms with Gasteiger partial charge in [0.05, 0.1) is 5.60 Å². The van der Waals surface area contributed by atoms with Gasteiger partial charge in [-0.25, -0.2) is 0 Å². The molecular formula is C10H20N2O. The highest BCUT2D eigenvalue weighted by molar-refractivity contribution is 4.98. The summed E-state index contributed by atoms with van der Waals surface area (Å²) in [4.78, 5) is 0. The van der Waals surface area contributed by atoms with E-state index in [-0.39, 0.29) is 11.6 Å². The minimum atomic E-state index is -0.0396. The van der Waals surface area contributed by atoms with E-state index in [1.54, 1.807) is 0 Å². The second-order valence-corrected chi connectivity index (χ2v) is 4.45. The minimum absolute atomic E-state index is 0.0396. The summed E-state index contributed by atoms with van der Waals surface area (Å²) in [5, 5.41) is 3.37. The highest BCUT2D eigenvalue weighted by atomic mass is 16.5. The SMILES string of the molecule is CC1(C2CCNCC2)OCCC1N. The van der Waals surface area contributed by atoms with Gasteiger partial charge in [-0.1, -0.05) is 0 Å². The van der Waals surface area contributed by atoms with Crippen LogP contribution in [0.1, 0.15) is 26.2 Å². The molecule has 2 aliphatic rings. The van der Waals surface area contributed by atoms with Crippen molar-refractivity contribution in [3.05, 3.63) is 0 Å². The van der Waals surface area contributed by atoms with E-state index in [1.807, 2.05) is 0 Å². The highest BCUT2D eigenvalue weighted by Crippen LogP contribution is 2.36. The largest absolute Gasteiger partial charge is 0.373 e. The molecule has 2 fully saturated rings. The predicted molar refractivity (Wildman–Crippen MR) is 52.5 cm³/mol. The molecule has 3 heteroatoms. The fraction of sp³-hybridized carbons (Fsp3) is 1.00. The van der Waals surface area contributed by atoms with Gasteiger partial charge in [0.25, 0.3) is 0 Å². The first-order valence-corrected chi connectivity index (χ1v) is 5.34. The van der Waals surface area contributed by atoms with E-state index in [0.29, 0.717) is 5.92 Å². The lowest BCUT2D eigenvalue weighted by Gasteiger charge is -2.39. The summed E-state index contributed by atoms with van der Waals surface area (Å²) in [6.07, 6.45) is 3.45. The normalized spacial score (nSPS) is 42.5. The van der Waals surface area contributed by atoms with Crippen LogP contribution in [-0.4, -0.2) is 31.3 Å². The maximum absolute atomic E-state index is 6.10. The number of hydrogen-bond donors (Lipinski definition) is 2. The van der Waals surface area contributed by atoms with Gasteiger partial charge in [-0.3, -0.25) is 0 Å². The second kappa shape index (κ2) is 3.56. The van der Waals surface area contributed by atoms with Crippen LogP contribution in [0.5, 0.6) is 0 Å². The number of rotatable bonds is 1. The molecule has 2 rings (SSSR count). The standard InChI is InChI=1S/C10H20N2O/c1-10(9(11)4-7-13-10)8-2-5-12-6-3-8/h8-9,12H,2-7,11H2,1H3. The lowest BCUT2D eigenvalue weighted by atomic mass is 9.78. The summed E-state index contributed by atoms with van der Waals surface area (Å²) >= 11 is 0. The van der Waals surface area contributed by atoms with E-state index in [0.717, 1.165) is 26.1 Å². The molecule has 0 aromatic carbocycles. The van der Waals surface area contributed by atoms with Crippen molar-refractivity contribution in [1.82, 2.24) is 5.32 Å². The summed E-state index contributed by atoms with van der Waals surface area (Å²) in [7, 11) is 0. The van der Waals surface area contributed by atoms with Crippen LogP contribution in [0, 0.1) is 5.92 Å². The minimum Gasteiger partial charge on any atom is -0.373 e. The van der Waals surface area contributed by atoms with Crippen molar-refractivity contribution in [2.24, 2.45) is 11.7 Å². The Morgan fingerprint density at radius 2 is 2.00 bits per heavy atom. The number of nitrogens with one attached hydrogen (secondary N) is 1. The van der Waals surface area contributed by atoms with Gasteiger partial charge >= 0.3 is 0 Å². The predicted octanol–water partition coefficient (Wildman–Crippen LogP) is 0.492. The van der Waals surface area contributed by atoms with Gasteiger partial charge in [-0.05, 0) is 45.2 Å². The third kappa shape index (κ3) is 1.60. The van der Waals surface area contributed by atoms with Crippen LogP contribution in [0.2, 0.25) is 0 Å². The molecule has 3 nitrogen and oxygen atoms in total. The Morgan fingerprint density at radius 3 is 2.54 bits per heavy atom. The molecule has 0 spiro atoms. The Kier molecular flexibility index (Phi) is 2.58. The smallest absolute Gasteiger partial charge is 0.0834 e. The first-order valence-electron chi connectivity index (χ1n) is 5.34. The molecule has 0 aromatic heterocycles. The van der Waals surface area contributed by atoms with Crippen LogP contribution in [0.3, 0.4) is 0 Å². The topological polar surface area (TPSA) is 47.3 Å². The first-order chi connectivity index (χ1) is 6.23. The zero-order valence-electron chi connectivity index (χ0n) is 8.38. The van der Waals surface area contributed by atoms with Gasteiger partial charge in [0, 0.05) is 12.6 Å². The van der Waals surface area contributed by atoms with Gasteiger partial charge < -0.3 is 15.8 Å². The molecule has 0 amide bonds. The van der Waals surface area contributed by atoms with Gasteiger partial charge in [-0.15, -0.1) is 0 Å². The van der Waals surface area contributed by atoms with Crippen molar-refractivity contribution >= 4 is 0 Å². The van der Waals surface area contributed by atoms with Crippen LogP contribution < -0.4 is 11.1 Å². The Balaban J connectivity index is 2.03. The molecule has 2 saturated heterocycles. The summed E-state index contributed by atoms with van der Waals surface area (Å²) in [6, 6.07) is 0.246. The van der Waals surface area contributed by atoms with Crippen LogP contribution >= 0.6 is 0 Å². The average Bonchev–Trinajstić information content (AvgIpc) is 2.50. The van der Waals surface area contributed by atoms with Gasteiger partial charge in [-0.2, -0.15) is 0 Å². The van der Waals surface area contributed by atoms with Gasteiger partial charge in [0.2, 0.25) is 0 Å². The molecule has 76 valence electrons. The monoisotopic (exact) mass is 184 g/mol. The summed E-state index contributed by atoms with van der Waals surface area (Å²) in [6.45, 7) is 5.29. The number of nitrogens with two attached hydrogens (primary N) is 1. The molecule has 0 bridgehead atoms. The van der Waals surface area contributed by atoms with Crippen molar-refractivity contribution in [3.63, 3.8) is 0 Å². The molecule has 0 aromatic rings. The summed E-state index contributed by atoms with van der Waals surface area (Å²) < 4.78 is 5.84. The van der Waals surface area contributed by atoms with Crippen LogP contribution in [0.15, 0.2) is 0 Å². The van der Waals surface area contributed by atoms with Crippen LogP contribution in [0.25, 0.3) is 0 Å². The fourth-order valence-corrected chi connectivity index (χ4v) is 2.62. The Labute approximate surface area is 80.0 Å². The van der Waals surface area contributed by atoms with E-state index in [4.69, 9.17) is 10.5 Å². The van der Waals surface area contributed by atoms with Crippen LogP contribution in [-0.2, 0) is 4.74 Å². The maximum Gasteiger partial charge on any atom is 0.0834 e. The molecule has 2 unspecified atom stereocenters. The molecule has 0 aliphatic carbocycles. The molecule has 2 atom stereocenters. The Morgan fingerprint density at radius 1 is 1.31 bits per heavy atom. The summed E-state index contributed by atoms with van der Waals surface area (Å²) in [5.74, 6) is 0.659. The van der Waals surface area contributed by atoms with Crippen molar-refractivity contribution in [3.8, 4) is 0 Å². The highest BCUT2D eigenvalue weighted by Gasteiger charge is 2.44. The van der Waals surface area contributed by atoms with Crippen LogP contribution in [0.4, 0.5) is 0 Å². The fourth-order valence-electron chi connectivity index (χ4n) is 2.62. The first kappa shape index (κ1) is 9.44. The van der Waals surface area contributed by atoms with E-state index in [2.05, 4.69) is 12.2 Å². The zero-order chi connectivity index (χ0) is 9.31. The van der Waals surface area contributed by atoms with Crippen molar-refractivity contribution in [1.29, 1.82) is 0 Å². The van der Waals surface area contributed by atoms with E-state index in [9.17, 15) is 0 Å². The Hall–Kier alpha value is -0.120. The molecule has 3 N–H and O–H groups in total. The molecule has 2 aliphatic heterocycles. The second-order valence-electron chi connectivity index (χ2n) is 4.45. The number of hydrogen-bond acceptors (Lipinski definition) is 3. The third-order valence-corrected chi connectivity index (χ3v) is 3.73. The molecule has 0 saturated carbocycles. The van der Waals surface area contributed by atoms with Gasteiger partial charge in [0.15, 0.2) is 0 Å². The van der Waals surface area contributed by atoms with E-state index < -0.39 is 0 Å². The lowest BCUT2D eigenvalue weighted by molar-refractivity contribution is -0.0464. The molecule has 2 heterocycles. The quantitative estimate of drug-likeness (QED) is 0.623. The third-order valence-electron chi connectivity index (χ3n) is 3.73. The zero-order valence-corrected chi connectivity index (χ0v) is 8.38. The van der Waals surface area contributed by atoms with E-state index >= 15 is 0 Å². The molecular weight excluding hydrogens is 164 g/mol. The summed E-state index contributed by atoms with van der Waals surface area (Å²) in [5.41, 5.74) is 6.06. The van der Waals surface area contributed by atoms with Crippen molar-refractivity contribution < 1.29 is 4.74 Å². The van der Waals surface area contributed by atoms with Gasteiger partial charge in [0.1, 0.15) is 0 Å². The lowest BCUT2D eigenvalue weighted by Crippen LogP contribution is -2.51. The number of piperidine rings is 1. The Bertz CT molecular complexity index is 180. The van der Waals surface area contributed by atoms with E-state index in [1.165, 1.54) is 12.8 Å². The molecule has 0 radical (unpaired) electrons. The van der Waals surface area contributed by atoms with Crippen molar-refractivity contribution in [2.75, 3.05) is 19.7 Å². The maximum atomic E-state index is 6.10. The number of ether oxygens (including phenoxy) is 1.